The van der Waals surface area contributed by atoms with Crippen LogP contribution in [0.2, 0.25) is 0 Å². The standard InChI is InChI=1S/C11H15NS/c1-9(12)6-7-10-4-3-5-11(8-10)13-2/h3-9H,12H2,1-2H3/b7-6+. The summed E-state index contributed by atoms with van der Waals surface area (Å²) in [4.78, 5) is 1.28. The Kier molecular flexibility index (Phi) is 4.06. The van der Waals surface area contributed by atoms with Crippen molar-refractivity contribution >= 4 is 17.8 Å². The summed E-state index contributed by atoms with van der Waals surface area (Å²) in [5.41, 5.74) is 6.83. The molecule has 0 aliphatic carbocycles. The van der Waals surface area contributed by atoms with Crippen LogP contribution in [0.1, 0.15) is 12.5 Å². The van der Waals surface area contributed by atoms with Gasteiger partial charge in [0.1, 0.15) is 0 Å². The van der Waals surface area contributed by atoms with E-state index in [9.17, 15) is 0 Å². The Morgan fingerprint density at radius 1 is 1.46 bits per heavy atom. The van der Waals surface area contributed by atoms with Crippen LogP contribution in [0.4, 0.5) is 0 Å². The Bertz CT molecular complexity index is 292. The molecule has 1 nitrogen and oxygen atoms in total. The van der Waals surface area contributed by atoms with Crippen molar-refractivity contribution in [3.05, 3.63) is 35.9 Å². The highest BCUT2D eigenvalue weighted by molar-refractivity contribution is 7.98. The molecule has 0 bridgehead atoms. The van der Waals surface area contributed by atoms with E-state index in [1.165, 1.54) is 10.5 Å². The summed E-state index contributed by atoms with van der Waals surface area (Å²) in [6.07, 6.45) is 6.14. The molecule has 0 aliphatic heterocycles. The summed E-state index contributed by atoms with van der Waals surface area (Å²) in [6.45, 7) is 1.97. The average molecular weight is 193 g/mol. The number of hydrogen-bond donors (Lipinski definition) is 1. The molecule has 0 aromatic heterocycles. The average Bonchev–Trinajstić information content (AvgIpc) is 2.15. The Morgan fingerprint density at radius 2 is 2.23 bits per heavy atom. The van der Waals surface area contributed by atoms with Gasteiger partial charge in [0.15, 0.2) is 0 Å². The maximum absolute atomic E-state index is 5.62. The molecule has 1 aromatic carbocycles. The largest absolute Gasteiger partial charge is 0.325 e. The van der Waals surface area contributed by atoms with Crippen molar-refractivity contribution in [2.75, 3.05) is 6.26 Å². The lowest BCUT2D eigenvalue weighted by atomic mass is 10.2. The van der Waals surface area contributed by atoms with Crippen molar-refractivity contribution < 1.29 is 0 Å². The van der Waals surface area contributed by atoms with Crippen LogP contribution in [0.15, 0.2) is 35.2 Å². The van der Waals surface area contributed by atoms with Crippen LogP contribution in [0.5, 0.6) is 0 Å². The highest BCUT2D eigenvalue weighted by atomic mass is 32.2. The zero-order valence-corrected chi connectivity index (χ0v) is 8.84. The van der Waals surface area contributed by atoms with Crippen molar-refractivity contribution in [3.63, 3.8) is 0 Å². The first-order valence-corrected chi connectivity index (χ1v) is 5.52. The van der Waals surface area contributed by atoms with Crippen LogP contribution in [0, 0.1) is 0 Å². The third-order valence-corrected chi connectivity index (χ3v) is 2.41. The second-order valence-electron chi connectivity index (χ2n) is 2.99. The number of nitrogens with two attached hydrogens (primary N) is 1. The summed E-state index contributed by atoms with van der Waals surface area (Å²) < 4.78 is 0. The van der Waals surface area contributed by atoms with E-state index in [0.717, 1.165) is 0 Å². The minimum atomic E-state index is 0.123. The monoisotopic (exact) mass is 193 g/mol. The van der Waals surface area contributed by atoms with Crippen molar-refractivity contribution in [1.29, 1.82) is 0 Å². The molecule has 2 N–H and O–H groups in total. The second-order valence-corrected chi connectivity index (χ2v) is 3.87. The fraction of sp³-hybridized carbons (Fsp3) is 0.273. The molecular formula is C11H15NS. The Balaban J connectivity index is 2.77. The van der Waals surface area contributed by atoms with E-state index in [0.29, 0.717) is 0 Å². The van der Waals surface area contributed by atoms with Gasteiger partial charge in [-0.25, -0.2) is 0 Å². The predicted molar refractivity (Wildman–Crippen MR) is 60.9 cm³/mol. The molecule has 70 valence electrons. The lowest BCUT2D eigenvalue weighted by molar-refractivity contribution is 0.931. The van der Waals surface area contributed by atoms with Gasteiger partial charge in [-0.15, -0.1) is 11.8 Å². The van der Waals surface area contributed by atoms with Crippen LogP contribution in [-0.2, 0) is 0 Å². The van der Waals surface area contributed by atoms with E-state index >= 15 is 0 Å². The molecule has 0 spiro atoms. The maximum atomic E-state index is 5.62. The molecule has 1 atom stereocenters. The zero-order chi connectivity index (χ0) is 9.68. The number of benzene rings is 1. The maximum Gasteiger partial charge on any atom is 0.0198 e. The molecule has 13 heavy (non-hydrogen) atoms. The van der Waals surface area contributed by atoms with E-state index in [1.807, 2.05) is 13.0 Å². The van der Waals surface area contributed by atoms with Crippen LogP contribution < -0.4 is 5.73 Å². The first-order valence-electron chi connectivity index (χ1n) is 4.30. The third kappa shape index (κ3) is 3.66. The normalized spacial score (nSPS) is 13.5. The van der Waals surface area contributed by atoms with Gasteiger partial charge in [0.2, 0.25) is 0 Å². The van der Waals surface area contributed by atoms with Crippen LogP contribution >= 0.6 is 11.8 Å². The first kappa shape index (κ1) is 10.4. The topological polar surface area (TPSA) is 26.0 Å². The molecular weight excluding hydrogens is 178 g/mol. The SMILES string of the molecule is CSc1cccc(/C=C/C(C)N)c1. The first-order chi connectivity index (χ1) is 6.22. The van der Waals surface area contributed by atoms with Gasteiger partial charge in [-0.2, -0.15) is 0 Å². The van der Waals surface area contributed by atoms with Crippen molar-refractivity contribution in [3.8, 4) is 0 Å². The summed E-state index contributed by atoms with van der Waals surface area (Å²) >= 11 is 1.75. The second kappa shape index (κ2) is 5.10. The summed E-state index contributed by atoms with van der Waals surface area (Å²) in [6, 6.07) is 8.53. The minimum absolute atomic E-state index is 0.123. The highest BCUT2D eigenvalue weighted by Gasteiger charge is 1.91. The predicted octanol–water partition coefficient (Wildman–Crippen LogP) is 2.77. The molecule has 0 heterocycles. The van der Waals surface area contributed by atoms with Crippen LogP contribution in [0.3, 0.4) is 0 Å². The van der Waals surface area contributed by atoms with Crippen molar-refractivity contribution in [2.45, 2.75) is 17.9 Å². The molecule has 0 saturated carbocycles. The van der Waals surface area contributed by atoms with Gasteiger partial charge in [-0.05, 0) is 30.9 Å². The van der Waals surface area contributed by atoms with Gasteiger partial charge in [-0.1, -0.05) is 24.3 Å². The summed E-state index contributed by atoms with van der Waals surface area (Å²) in [7, 11) is 0. The molecule has 1 rings (SSSR count). The van der Waals surface area contributed by atoms with Crippen LogP contribution in [-0.4, -0.2) is 12.3 Å². The number of thioether (sulfide) groups is 1. The molecule has 0 amide bonds. The lowest BCUT2D eigenvalue weighted by Gasteiger charge is -1.99. The summed E-state index contributed by atoms with van der Waals surface area (Å²) in [5.74, 6) is 0. The fourth-order valence-electron chi connectivity index (χ4n) is 1.01. The van der Waals surface area contributed by atoms with E-state index in [1.54, 1.807) is 11.8 Å². The molecule has 1 aromatic rings. The van der Waals surface area contributed by atoms with E-state index in [4.69, 9.17) is 5.73 Å². The highest BCUT2D eigenvalue weighted by Crippen LogP contribution is 2.16. The molecule has 1 unspecified atom stereocenters. The van der Waals surface area contributed by atoms with Gasteiger partial charge < -0.3 is 5.73 Å². The number of rotatable bonds is 3. The van der Waals surface area contributed by atoms with E-state index in [-0.39, 0.29) is 6.04 Å². The van der Waals surface area contributed by atoms with Crippen molar-refractivity contribution in [2.24, 2.45) is 5.73 Å². The Morgan fingerprint density at radius 3 is 2.85 bits per heavy atom. The molecule has 0 aliphatic rings. The van der Waals surface area contributed by atoms with Crippen molar-refractivity contribution in [1.82, 2.24) is 0 Å². The number of hydrogen-bond acceptors (Lipinski definition) is 2. The Hall–Kier alpha value is -0.730. The van der Waals surface area contributed by atoms with Gasteiger partial charge >= 0.3 is 0 Å². The van der Waals surface area contributed by atoms with Gasteiger partial charge in [0.25, 0.3) is 0 Å². The quantitative estimate of drug-likeness (QED) is 0.747. The van der Waals surface area contributed by atoms with Gasteiger partial charge in [0, 0.05) is 10.9 Å². The summed E-state index contributed by atoms with van der Waals surface area (Å²) in [5, 5.41) is 0. The van der Waals surface area contributed by atoms with E-state index < -0.39 is 0 Å². The molecule has 2 heteroatoms. The minimum Gasteiger partial charge on any atom is -0.325 e. The fourth-order valence-corrected chi connectivity index (χ4v) is 1.48. The van der Waals surface area contributed by atoms with Gasteiger partial charge in [0.05, 0.1) is 0 Å². The third-order valence-electron chi connectivity index (χ3n) is 1.69. The smallest absolute Gasteiger partial charge is 0.0198 e. The molecule has 0 saturated heterocycles. The van der Waals surface area contributed by atoms with Crippen LogP contribution in [0.25, 0.3) is 6.08 Å². The molecule has 0 radical (unpaired) electrons. The Labute approximate surface area is 84.0 Å². The zero-order valence-electron chi connectivity index (χ0n) is 8.03. The molecule has 0 fully saturated rings. The van der Waals surface area contributed by atoms with E-state index in [2.05, 4.69) is 36.6 Å². The van der Waals surface area contributed by atoms with Gasteiger partial charge in [-0.3, -0.25) is 0 Å². The lowest BCUT2D eigenvalue weighted by Crippen LogP contribution is -2.09.